The lowest BCUT2D eigenvalue weighted by atomic mass is 9.82. The summed E-state index contributed by atoms with van der Waals surface area (Å²) in [6.07, 6.45) is 5.89. The molecule has 1 aromatic rings. The van der Waals surface area contributed by atoms with Gasteiger partial charge in [-0.05, 0) is 56.0 Å². The molecular formula is C15H22FN. The maximum Gasteiger partial charge on any atom is 0.123 e. The molecule has 0 aromatic heterocycles. The van der Waals surface area contributed by atoms with Gasteiger partial charge in [0, 0.05) is 5.54 Å². The van der Waals surface area contributed by atoms with Crippen molar-refractivity contribution in [2.24, 2.45) is 0 Å². The number of aryl methyl sites for hydroxylation is 1. The summed E-state index contributed by atoms with van der Waals surface area (Å²) >= 11 is 0. The Labute approximate surface area is 103 Å². The van der Waals surface area contributed by atoms with Crippen molar-refractivity contribution in [3.63, 3.8) is 0 Å². The van der Waals surface area contributed by atoms with Crippen LogP contribution in [0.25, 0.3) is 0 Å². The summed E-state index contributed by atoms with van der Waals surface area (Å²) in [4.78, 5) is 0. The van der Waals surface area contributed by atoms with E-state index in [4.69, 9.17) is 0 Å². The zero-order valence-electron chi connectivity index (χ0n) is 10.9. The zero-order chi connectivity index (χ0) is 12.3. The fraction of sp³-hybridized carbons (Fsp3) is 0.600. The van der Waals surface area contributed by atoms with Crippen molar-refractivity contribution < 1.29 is 4.39 Å². The molecule has 0 aliphatic carbocycles. The number of benzene rings is 1. The second-order valence-electron chi connectivity index (χ2n) is 5.19. The molecule has 0 saturated carbocycles. The Morgan fingerprint density at radius 1 is 1.24 bits per heavy atom. The highest BCUT2D eigenvalue weighted by Gasteiger charge is 2.30. The largest absolute Gasteiger partial charge is 0.307 e. The summed E-state index contributed by atoms with van der Waals surface area (Å²) in [6.45, 7) is 5.20. The van der Waals surface area contributed by atoms with E-state index in [0.29, 0.717) is 0 Å². The normalized spacial score (nSPS) is 25.6. The van der Waals surface area contributed by atoms with E-state index in [9.17, 15) is 4.39 Å². The molecule has 1 aromatic carbocycles. The molecule has 1 aliphatic heterocycles. The van der Waals surface area contributed by atoms with Crippen molar-refractivity contribution in [3.8, 4) is 0 Å². The summed E-state index contributed by atoms with van der Waals surface area (Å²) < 4.78 is 13.6. The average molecular weight is 235 g/mol. The van der Waals surface area contributed by atoms with Crippen LogP contribution in [0.5, 0.6) is 0 Å². The van der Waals surface area contributed by atoms with Gasteiger partial charge in [0.05, 0.1) is 0 Å². The fourth-order valence-electron chi connectivity index (χ4n) is 2.91. The van der Waals surface area contributed by atoms with Crippen LogP contribution in [0.3, 0.4) is 0 Å². The Morgan fingerprint density at radius 3 is 2.76 bits per heavy atom. The van der Waals surface area contributed by atoms with Crippen molar-refractivity contribution in [2.45, 2.75) is 51.5 Å². The quantitative estimate of drug-likeness (QED) is 0.819. The zero-order valence-corrected chi connectivity index (χ0v) is 10.9. The van der Waals surface area contributed by atoms with Crippen LogP contribution in [0.15, 0.2) is 18.2 Å². The van der Waals surface area contributed by atoms with Crippen LogP contribution >= 0.6 is 0 Å². The van der Waals surface area contributed by atoms with E-state index in [1.165, 1.54) is 19.3 Å². The number of hydrogen-bond acceptors (Lipinski definition) is 1. The highest BCUT2D eigenvalue weighted by Crippen LogP contribution is 2.33. The van der Waals surface area contributed by atoms with Gasteiger partial charge in [-0.2, -0.15) is 0 Å². The second kappa shape index (κ2) is 5.18. The third-order valence-corrected chi connectivity index (χ3v) is 3.94. The first-order valence-electron chi connectivity index (χ1n) is 6.69. The number of nitrogens with one attached hydrogen (secondary N) is 1. The summed E-state index contributed by atoms with van der Waals surface area (Å²) in [7, 11) is 0. The van der Waals surface area contributed by atoms with E-state index >= 15 is 0 Å². The molecule has 2 heteroatoms. The summed E-state index contributed by atoms with van der Waals surface area (Å²) in [5, 5.41) is 3.65. The summed E-state index contributed by atoms with van der Waals surface area (Å²) in [5.41, 5.74) is 2.13. The van der Waals surface area contributed by atoms with Gasteiger partial charge in [-0.1, -0.05) is 25.8 Å². The van der Waals surface area contributed by atoms with Gasteiger partial charge < -0.3 is 5.32 Å². The standard InChI is InChI=1S/C15H22FN/c1-3-15(7-5-4-6-8-17-15)13-9-12(2)10-14(16)11-13/h9-11,17H,3-8H2,1-2H3. The van der Waals surface area contributed by atoms with Gasteiger partial charge in [0.15, 0.2) is 0 Å². The van der Waals surface area contributed by atoms with Crippen LogP contribution in [-0.2, 0) is 5.54 Å². The van der Waals surface area contributed by atoms with Gasteiger partial charge in [-0.25, -0.2) is 4.39 Å². The third-order valence-electron chi connectivity index (χ3n) is 3.94. The molecule has 0 spiro atoms. The van der Waals surface area contributed by atoms with Gasteiger partial charge in [-0.3, -0.25) is 0 Å². The SMILES string of the molecule is CCC1(c2cc(C)cc(F)c2)CCCCCN1. The van der Waals surface area contributed by atoms with Crippen LogP contribution in [0.2, 0.25) is 0 Å². The molecule has 1 unspecified atom stereocenters. The number of hydrogen-bond donors (Lipinski definition) is 1. The van der Waals surface area contributed by atoms with E-state index in [1.54, 1.807) is 12.1 Å². The molecule has 1 fully saturated rings. The number of halogens is 1. The highest BCUT2D eigenvalue weighted by molar-refractivity contribution is 5.30. The third kappa shape index (κ3) is 2.68. The van der Waals surface area contributed by atoms with Crippen LogP contribution < -0.4 is 5.32 Å². The van der Waals surface area contributed by atoms with Gasteiger partial charge >= 0.3 is 0 Å². The lowest BCUT2D eigenvalue weighted by molar-refractivity contribution is 0.311. The monoisotopic (exact) mass is 235 g/mol. The van der Waals surface area contributed by atoms with E-state index < -0.39 is 0 Å². The Balaban J connectivity index is 2.38. The minimum absolute atomic E-state index is 0.0106. The molecule has 1 aliphatic rings. The smallest absolute Gasteiger partial charge is 0.123 e. The molecule has 0 bridgehead atoms. The van der Waals surface area contributed by atoms with Gasteiger partial charge in [0.2, 0.25) is 0 Å². The average Bonchev–Trinajstić information content (AvgIpc) is 2.53. The van der Waals surface area contributed by atoms with Crippen LogP contribution in [0.4, 0.5) is 4.39 Å². The summed E-state index contributed by atoms with van der Waals surface area (Å²) in [5.74, 6) is -0.112. The molecular weight excluding hydrogens is 213 g/mol. The van der Waals surface area contributed by atoms with Crippen molar-refractivity contribution in [2.75, 3.05) is 6.54 Å². The van der Waals surface area contributed by atoms with Crippen molar-refractivity contribution in [1.82, 2.24) is 5.32 Å². The fourth-order valence-corrected chi connectivity index (χ4v) is 2.91. The second-order valence-corrected chi connectivity index (χ2v) is 5.19. The Morgan fingerprint density at radius 2 is 2.06 bits per heavy atom. The predicted molar refractivity (Wildman–Crippen MR) is 69.6 cm³/mol. The molecule has 1 saturated heterocycles. The molecule has 1 heterocycles. The molecule has 17 heavy (non-hydrogen) atoms. The Bertz CT molecular complexity index is 358. The van der Waals surface area contributed by atoms with Gasteiger partial charge in [0.1, 0.15) is 5.82 Å². The highest BCUT2D eigenvalue weighted by atomic mass is 19.1. The first-order chi connectivity index (χ1) is 8.16. The van der Waals surface area contributed by atoms with E-state index in [2.05, 4.69) is 18.3 Å². The van der Waals surface area contributed by atoms with E-state index in [-0.39, 0.29) is 11.4 Å². The summed E-state index contributed by atoms with van der Waals surface area (Å²) in [6, 6.07) is 5.43. The molecule has 0 radical (unpaired) electrons. The molecule has 1 nitrogen and oxygen atoms in total. The van der Waals surface area contributed by atoms with Crippen molar-refractivity contribution >= 4 is 0 Å². The molecule has 1 N–H and O–H groups in total. The molecule has 94 valence electrons. The van der Waals surface area contributed by atoms with E-state index in [1.807, 2.05) is 6.92 Å². The minimum atomic E-state index is -0.112. The maximum atomic E-state index is 13.6. The van der Waals surface area contributed by atoms with Gasteiger partial charge in [-0.15, -0.1) is 0 Å². The van der Waals surface area contributed by atoms with Gasteiger partial charge in [0.25, 0.3) is 0 Å². The Hall–Kier alpha value is -0.890. The minimum Gasteiger partial charge on any atom is -0.307 e. The van der Waals surface area contributed by atoms with Crippen molar-refractivity contribution in [1.29, 1.82) is 0 Å². The topological polar surface area (TPSA) is 12.0 Å². The first kappa shape index (κ1) is 12.6. The van der Waals surface area contributed by atoms with E-state index in [0.717, 1.165) is 30.5 Å². The number of rotatable bonds is 2. The van der Waals surface area contributed by atoms with Crippen LogP contribution in [0, 0.1) is 12.7 Å². The lowest BCUT2D eigenvalue weighted by Crippen LogP contribution is -2.41. The van der Waals surface area contributed by atoms with Crippen LogP contribution in [-0.4, -0.2) is 6.54 Å². The molecule has 1 atom stereocenters. The maximum absolute atomic E-state index is 13.6. The van der Waals surface area contributed by atoms with Crippen molar-refractivity contribution in [3.05, 3.63) is 35.1 Å². The molecule has 2 rings (SSSR count). The predicted octanol–water partition coefficient (Wildman–Crippen LogP) is 3.90. The van der Waals surface area contributed by atoms with Crippen LogP contribution in [0.1, 0.15) is 50.2 Å². The first-order valence-corrected chi connectivity index (χ1v) is 6.69. The lowest BCUT2D eigenvalue weighted by Gasteiger charge is -2.34. The Kier molecular flexibility index (Phi) is 3.82. The molecule has 0 amide bonds.